The summed E-state index contributed by atoms with van der Waals surface area (Å²) in [6.07, 6.45) is 1.69. The van der Waals surface area contributed by atoms with Gasteiger partial charge >= 0.3 is 6.03 Å². The van der Waals surface area contributed by atoms with Gasteiger partial charge in [0.25, 0.3) is 0 Å². The number of nitrogens with one attached hydrogen (secondary N) is 2. The smallest absolute Gasteiger partial charge is 0.319 e. The summed E-state index contributed by atoms with van der Waals surface area (Å²) >= 11 is 4.40. The number of carbonyl (C=O) groups excluding carboxylic acids is 2. The van der Waals surface area contributed by atoms with Crippen LogP contribution in [0.5, 0.6) is 5.75 Å². The Bertz CT molecular complexity index is 948. The van der Waals surface area contributed by atoms with Gasteiger partial charge in [0.15, 0.2) is 5.78 Å². The number of benzene rings is 2. The van der Waals surface area contributed by atoms with E-state index in [1.807, 2.05) is 30.3 Å². The average Bonchev–Trinajstić information content (AvgIpc) is 2.67. The van der Waals surface area contributed by atoms with Gasteiger partial charge in [-0.25, -0.2) is 4.79 Å². The van der Waals surface area contributed by atoms with Crippen LogP contribution in [0.1, 0.15) is 28.9 Å². The third-order valence-corrected chi connectivity index (χ3v) is 5.85. The highest BCUT2D eigenvalue weighted by molar-refractivity contribution is 14.1. The Morgan fingerprint density at radius 2 is 1.86 bits per heavy atom. The molecule has 28 heavy (non-hydrogen) atoms. The maximum atomic E-state index is 13.2. The summed E-state index contributed by atoms with van der Waals surface area (Å²) in [5, 5.41) is 5.61. The summed E-state index contributed by atoms with van der Waals surface area (Å²) in [5.74, 6) is 0.648. The van der Waals surface area contributed by atoms with Crippen LogP contribution >= 0.6 is 45.2 Å². The first-order valence-electron chi connectivity index (χ1n) is 8.53. The van der Waals surface area contributed by atoms with Crippen molar-refractivity contribution in [2.24, 2.45) is 0 Å². The minimum Gasteiger partial charge on any atom is -0.487 e. The van der Waals surface area contributed by atoms with E-state index in [0.717, 1.165) is 18.5 Å². The molecule has 1 unspecified atom stereocenters. The summed E-state index contributed by atoms with van der Waals surface area (Å²) in [6, 6.07) is 12.1. The molecule has 1 aliphatic rings. The zero-order chi connectivity index (χ0) is 20.3. The zero-order valence-electron chi connectivity index (χ0n) is 15.1. The van der Waals surface area contributed by atoms with Gasteiger partial charge in [-0.15, -0.1) is 0 Å². The molecule has 0 spiro atoms. The topological polar surface area (TPSA) is 67.4 Å². The fourth-order valence-corrected chi connectivity index (χ4v) is 5.14. The second kappa shape index (κ2) is 9.08. The van der Waals surface area contributed by atoms with Gasteiger partial charge in [0.05, 0.1) is 13.2 Å². The molecule has 144 valence electrons. The van der Waals surface area contributed by atoms with E-state index in [-0.39, 0.29) is 11.8 Å². The van der Waals surface area contributed by atoms with E-state index in [2.05, 4.69) is 62.4 Å². The molecule has 2 aromatic carbocycles. The maximum absolute atomic E-state index is 13.2. The Labute approximate surface area is 190 Å². The molecule has 1 heterocycles. The summed E-state index contributed by atoms with van der Waals surface area (Å²) in [6.45, 7) is 5.83. The fourth-order valence-electron chi connectivity index (χ4n) is 3.02. The fraction of sp³-hybridized carbons (Fsp3) is 0.143. The van der Waals surface area contributed by atoms with Crippen LogP contribution in [-0.2, 0) is 0 Å². The Morgan fingerprint density at radius 3 is 2.46 bits per heavy atom. The molecule has 2 amide bonds. The summed E-state index contributed by atoms with van der Waals surface area (Å²) in [4.78, 5) is 25.3. The molecular weight excluding hydrogens is 582 g/mol. The number of hydrogen-bond donors (Lipinski definition) is 2. The molecule has 2 aromatic rings. The Hall–Kier alpha value is -1.88. The first-order chi connectivity index (χ1) is 13.4. The minimum atomic E-state index is -0.544. The molecule has 0 fully saturated rings. The van der Waals surface area contributed by atoms with Crippen molar-refractivity contribution in [3.05, 3.63) is 84.7 Å². The van der Waals surface area contributed by atoms with E-state index in [1.165, 1.54) is 0 Å². The van der Waals surface area contributed by atoms with Gasteiger partial charge in [0.1, 0.15) is 12.4 Å². The summed E-state index contributed by atoms with van der Waals surface area (Å²) < 4.78 is 7.54. The molecule has 0 bridgehead atoms. The Kier molecular flexibility index (Phi) is 6.76. The number of amides is 2. The van der Waals surface area contributed by atoms with Crippen molar-refractivity contribution in [2.45, 2.75) is 13.0 Å². The summed E-state index contributed by atoms with van der Waals surface area (Å²) in [5.41, 5.74) is 2.49. The predicted octanol–water partition coefficient (Wildman–Crippen LogP) is 4.97. The molecule has 1 atom stereocenters. The zero-order valence-corrected chi connectivity index (χ0v) is 19.4. The lowest BCUT2D eigenvalue weighted by Gasteiger charge is -2.29. The van der Waals surface area contributed by atoms with Crippen LogP contribution in [0, 0.1) is 7.14 Å². The number of urea groups is 1. The van der Waals surface area contributed by atoms with Gasteiger partial charge in [-0.2, -0.15) is 0 Å². The number of halogens is 2. The predicted molar refractivity (Wildman–Crippen MR) is 125 cm³/mol. The van der Waals surface area contributed by atoms with Crippen molar-refractivity contribution < 1.29 is 14.3 Å². The molecule has 0 aromatic heterocycles. The first-order valence-corrected chi connectivity index (χ1v) is 10.7. The molecule has 5 nitrogen and oxygen atoms in total. The quantitative estimate of drug-likeness (QED) is 0.280. The molecule has 0 radical (unpaired) electrons. The molecule has 0 saturated carbocycles. The highest BCUT2D eigenvalue weighted by atomic mass is 127. The number of carbonyl (C=O) groups is 2. The lowest BCUT2D eigenvalue weighted by atomic mass is 9.89. The number of rotatable bonds is 6. The SMILES string of the molecule is C=CCOc1c(I)cc(C2NC(=O)NC(C)=C2C(=O)c2ccccc2)cc1I. The third kappa shape index (κ3) is 4.40. The number of allylic oxidation sites excluding steroid dienone is 1. The number of hydrogen-bond acceptors (Lipinski definition) is 3. The molecule has 0 saturated heterocycles. The number of ketones is 1. The lowest BCUT2D eigenvalue weighted by molar-refractivity contribution is 0.102. The second-order valence-electron chi connectivity index (χ2n) is 6.18. The molecule has 2 N–H and O–H groups in total. The van der Waals surface area contributed by atoms with Crippen molar-refractivity contribution in [3.8, 4) is 5.75 Å². The van der Waals surface area contributed by atoms with Crippen LogP contribution in [0.4, 0.5) is 4.79 Å². The van der Waals surface area contributed by atoms with Crippen LogP contribution in [0.2, 0.25) is 0 Å². The standard InChI is InChI=1S/C21H18I2N2O3/c1-3-9-28-20-15(22)10-14(11-16(20)23)18-17(12(2)24-21(27)25-18)19(26)13-7-5-4-6-8-13/h3-8,10-11,18H,1,9H2,2H3,(H2,24,25,27). The minimum absolute atomic E-state index is 0.118. The normalized spacial score (nSPS) is 16.2. The third-order valence-electron chi connectivity index (χ3n) is 4.25. The Balaban J connectivity index is 2.05. The monoisotopic (exact) mass is 600 g/mol. The van der Waals surface area contributed by atoms with Gasteiger partial charge in [0, 0.05) is 16.8 Å². The van der Waals surface area contributed by atoms with Crippen LogP contribution in [0.15, 0.2) is 66.4 Å². The van der Waals surface area contributed by atoms with Crippen molar-refractivity contribution in [1.82, 2.24) is 10.6 Å². The average molecular weight is 600 g/mol. The molecular formula is C21H18I2N2O3. The van der Waals surface area contributed by atoms with E-state index < -0.39 is 6.04 Å². The van der Waals surface area contributed by atoms with E-state index in [9.17, 15) is 9.59 Å². The molecule has 1 aliphatic heterocycles. The van der Waals surface area contributed by atoms with Gasteiger partial charge < -0.3 is 15.4 Å². The van der Waals surface area contributed by atoms with Crippen molar-refractivity contribution in [2.75, 3.05) is 6.61 Å². The molecule has 0 aliphatic carbocycles. The van der Waals surface area contributed by atoms with Gasteiger partial charge in [-0.05, 0) is 69.8 Å². The number of ether oxygens (including phenoxy) is 1. The maximum Gasteiger partial charge on any atom is 0.319 e. The lowest BCUT2D eigenvalue weighted by Crippen LogP contribution is -2.45. The van der Waals surface area contributed by atoms with Crippen molar-refractivity contribution >= 4 is 57.0 Å². The van der Waals surface area contributed by atoms with Crippen LogP contribution < -0.4 is 15.4 Å². The Morgan fingerprint density at radius 1 is 1.21 bits per heavy atom. The van der Waals surface area contributed by atoms with Crippen molar-refractivity contribution in [3.63, 3.8) is 0 Å². The number of Topliss-reactive ketones (excluding diaryl/α,β-unsaturated/α-hetero) is 1. The highest BCUT2D eigenvalue weighted by Crippen LogP contribution is 2.35. The molecule has 3 rings (SSSR count). The van der Waals surface area contributed by atoms with Crippen LogP contribution in [-0.4, -0.2) is 18.4 Å². The van der Waals surface area contributed by atoms with E-state index >= 15 is 0 Å². The summed E-state index contributed by atoms with van der Waals surface area (Å²) in [7, 11) is 0. The van der Waals surface area contributed by atoms with Gasteiger partial charge in [-0.3, -0.25) is 4.79 Å². The molecule has 7 heteroatoms. The largest absolute Gasteiger partial charge is 0.487 e. The van der Waals surface area contributed by atoms with Gasteiger partial charge in [-0.1, -0.05) is 43.0 Å². The van der Waals surface area contributed by atoms with Crippen LogP contribution in [0.3, 0.4) is 0 Å². The first kappa shape index (κ1) is 20.8. The van der Waals surface area contributed by atoms with Crippen molar-refractivity contribution in [1.29, 1.82) is 0 Å². The van der Waals surface area contributed by atoms with Crippen LogP contribution in [0.25, 0.3) is 0 Å². The van der Waals surface area contributed by atoms with Gasteiger partial charge in [0.2, 0.25) is 0 Å². The van der Waals surface area contributed by atoms with E-state index in [1.54, 1.807) is 25.1 Å². The second-order valence-corrected chi connectivity index (χ2v) is 8.50. The van der Waals surface area contributed by atoms with E-state index in [4.69, 9.17) is 4.74 Å². The van der Waals surface area contributed by atoms with E-state index in [0.29, 0.717) is 23.4 Å². The highest BCUT2D eigenvalue weighted by Gasteiger charge is 2.32.